The molecule has 1 aliphatic carbocycles. The number of nitrogens with zero attached hydrogens (tertiary/aromatic N) is 2. The number of amides is 2. The maximum absolute atomic E-state index is 12.2. The van der Waals surface area contributed by atoms with Gasteiger partial charge < -0.3 is 14.6 Å². The first kappa shape index (κ1) is 18.3. The summed E-state index contributed by atoms with van der Waals surface area (Å²) in [6, 6.07) is 4.75. The van der Waals surface area contributed by atoms with Crippen molar-refractivity contribution in [2.45, 2.75) is 33.2 Å². The molecule has 1 aromatic carbocycles. The number of aromatic nitrogens is 2. The van der Waals surface area contributed by atoms with E-state index in [1.165, 1.54) is 0 Å². The third kappa shape index (κ3) is 4.54. The van der Waals surface area contributed by atoms with Crippen molar-refractivity contribution < 1.29 is 14.3 Å². The van der Waals surface area contributed by atoms with Gasteiger partial charge in [-0.2, -0.15) is 0 Å². The number of carbonyl (C=O) groups excluding carboxylic acids is 2. The number of halogens is 1. The molecule has 0 spiro atoms. The molecule has 2 aromatic rings. The Labute approximate surface area is 156 Å². The van der Waals surface area contributed by atoms with Gasteiger partial charge in [0.25, 0.3) is 0 Å². The first-order valence-electron chi connectivity index (χ1n) is 8.54. The molecule has 0 bridgehead atoms. The minimum absolute atomic E-state index is 0.205. The summed E-state index contributed by atoms with van der Waals surface area (Å²) in [6.45, 7) is 4.56. The molecule has 1 aliphatic rings. The average Bonchev–Trinajstić information content (AvgIpc) is 3.30. The van der Waals surface area contributed by atoms with Crippen LogP contribution in [0.25, 0.3) is 0 Å². The van der Waals surface area contributed by atoms with Crippen LogP contribution in [0.1, 0.15) is 35.9 Å². The summed E-state index contributed by atoms with van der Waals surface area (Å²) in [5.74, 6) is 0.570. The summed E-state index contributed by atoms with van der Waals surface area (Å²) in [5.41, 5.74) is 1.49. The van der Waals surface area contributed by atoms with Crippen molar-refractivity contribution in [1.82, 2.24) is 9.55 Å². The van der Waals surface area contributed by atoms with Gasteiger partial charge in [-0.25, -0.2) is 14.6 Å². The molecule has 0 unspecified atom stereocenters. The number of benzene rings is 1. The van der Waals surface area contributed by atoms with Crippen LogP contribution in [0.3, 0.4) is 0 Å². The average molecular weight is 377 g/mol. The minimum Gasteiger partial charge on any atom is -0.460 e. The predicted octanol–water partition coefficient (Wildman–Crippen LogP) is 4.08. The fourth-order valence-electron chi connectivity index (χ4n) is 2.59. The Morgan fingerprint density at radius 1 is 1.35 bits per heavy atom. The minimum atomic E-state index is -0.491. The van der Waals surface area contributed by atoms with E-state index in [0.717, 1.165) is 18.4 Å². The molecule has 7 nitrogen and oxygen atoms in total. The first-order chi connectivity index (χ1) is 12.5. The van der Waals surface area contributed by atoms with E-state index < -0.39 is 12.0 Å². The lowest BCUT2D eigenvalue weighted by Crippen LogP contribution is -2.20. The van der Waals surface area contributed by atoms with Crippen LogP contribution in [0.15, 0.2) is 24.4 Å². The zero-order chi connectivity index (χ0) is 18.7. The summed E-state index contributed by atoms with van der Waals surface area (Å²) < 4.78 is 6.80. The number of carbonyl (C=O) groups is 2. The van der Waals surface area contributed by atoms with Crippen molar-refractivity contribution in [2.24, 2.45) is 5.92 Å². The number of hydrogen-bond acceptors (Lipinski definition) is 4. The van der Waals surface area contributed by atoms with Crippen LogP contribution in [-0.4, -0.2) is 28.2 Å². The van der Waals surface area contributed by atoms with E-state index in [-0.39, 0.29) is 12.4 Å². The second-order valence-electron chi connectivity index (χ2n) is 6.30. The van der Waals surface area contributed by atoms with Crippen LogP contribution >= 0.6 is 11.6 Å². The van der Waals surface area contributed by atoms with Gasteiger partial charge in [-0.1, -0.05) is 11.6 Å². The van der Waals surface area contributed by atoms with Crippen LogP contribution in [0, 0.1) is 12.8 Å². The molecule has 0 saturated heterocycles. The number of hydrogen-bond donors (Lipinski definition) is 2. The molecule has 1 fully saturated rings. The maximum Gasteiger partial charge on any atom is 0.374 e. The molecular formula is C18H21ClN4O3. The van der Waals surface area contributed by atoms with Crippen LogP contribution in [0.4, 0.5) is 16.3 Å². The van der Waals surface area contributed by atoms with Crippen molar-refractivity contribution in [1.29, 1.82) is 0 Å². The lowest BCUT2D eigenvalue weighted by molar-refractivity contribution is 0.0506. The molecule has 138 valence electrons. The highest BCUT2D eigenvalue weighted by Crippen LogP contribution is 2.31. The molecule has 1 aromatic heterocycles. The SMILES string of the molecule is CCOC(=O)c1nc(NC(=O)Nc2ccc(Cl)cc2C)cn1CC1CC1. The largest absolute Gasteiger partial charge is 0.460 e. The van der Waals surface area contributed by atoms with Crippen molar-refractivity contribution in [3.8, 4) is 0 Å². The van der Waals surface area contributed by atoms with E-state index in [9.17, 15) is 9.59 Å². The van der Waals surface area contributed by atoms with Crippen LogP contribution < -0.4 is 10.6 Å². The molecule has 26 heavy (non-hydrogen) atoms. The molecule has 0 atom stereocenters. The summed E-state index contributed by atoms with van der Waals surface area (Å²) in [5, 5.41) is 6.01. The highest BCUT2D eigenvalue weighted by molar-refractivity contribution is 6.30. The molecular weight excluding hydrogens is 356 g/mol. The second kappa shape index (κ2) is 7.78. The van der Waals surface area contributed by atoms with Gasteiger partial charge in [0.05, 0.1) is 6.61 Å². The molecule has 0 radical (unpaired) electrons. The van der Waals surface area contributed by atoms with E-state index in [1.54, 1.807) is 35.9 Å². The van der Waals surface area contributed by atoms with Gasteiger partial charge in [-0.15, -0.1) is 0 Å². The molecule has 8 heteroatoms. The van der Waals surface area contributed by atoms with Crippen LogP contribution in [0.5, 0.6) is 0 Å². The van der Waals surface area contributed by atoms with Crippen molar-refractivity contribution in [3.05, 3.63) is 40.8 Å². The Hall–Kier alpha value is -2.54. The van der Waals surface area contributed by atoms with Gasteiger partial charge in [0.2, 0.25) is 5.82 Å². The predicted molar refractivity (Wildman–Crippen MR) is 99.7 cm³/mol. The van der Waals surface area contributed by atoms with Crippen LogP contribution in [0.2, 0.25) is 5.02 Å². The van der Waals surface area contributed by atoms with E-state index in [2.05, 4.69) is 15.6 Å². The zero-order valence-corrected chi connectivity index (χ0v) is 15.5. The van der Waals surface area contributed by atoms with Crippen molar-refractivity contribution in [3.63, 3.8) is 0 Å². The Kier molecular flexibility index (Phi) is 5.46. The van der Waals surface area contributed by atoms with Crippen molar-refractivity contribution >= 4 is 35.1 Å². The van der Waals surface area contributed by atoms with Gasteiger partial charge in [0, 0.05) is 23.5 Å². The standard InChI is InChI=1S/C18H21ClN4O3/c1-3-26-17(24)16-21-15(10-23(16)9-12-4-5-12)22-18(25)20-14-7-6-13(19)8-11(14)2/h6-8,10,12H,3-5,9H2,1-2H3,(H2,20,22,25). The second-order valence-corrected chi connectivity index (χ2v) is 6.74. The number of ether oxygens (including phenoxy) is 1. The smallest absolute Gasteiger partial charge is 0.374 e. The van der Waals surface area contributed by atoms with E-state index in [1.807, 2.05) is 6.92 Å². The Bertz CT molecular complexity index is 830. The van der Waals surface area contributed by atoms with Gasteiger partial charge in [0.15, 0.2) is 5.82 Å². The topological polar surface area (TPSA) is 85.2 Å². The van der Waals surface area contributed by atoms with Crippen LogP contribution in [-0.2, 0) is 11.3 Å². The number of rotatable bonds is 6. The highest BCUT2D eigenvalue weighted by Gasteiger charge is 2.26. The van der Waals surface area contributed by atoms with E-state index in [4.69, 9.17) is 16.3 Å². The van der Waals surface area contributed by atoms with E-state index in [0.29, 0.717) is 29.0 Å². The Morgan fingerprint density at radius 2 is 2.12 bits per heavy atom. The molecule has 1 heterocycles. The van der Waals surface area contributed by atoms with E-state index >= 15 is 0 Å². The van der Waals surface area contributed by atoms with Crippen molar-refractivity contribution in [2.75, 3.05) is 17.2 Å². The van der Waals surface area contributed by atoms with Gasteiger partial charge in [-0.3, -0.25) is 5.32 Å². The molecule has 0 aliphatic heterocycles. The molecule has 3 rings (SSSR count). The monoisotopic (exact) mass is 376 g/mol. The number of aryl methyl sites for hydroxylation is 1. The van der Waals surface area contributed by atoms with Gasteiger partial charge >= 0.3 is 12.0 Å². The number of urea groups is 1. The van der Waals surface area contributed by atoms with Gasteiger partial charge in [0.1, 0.15) is 0 Å². The summed E-state index contributed by atoms with van der Waals surface area (Å²) >= 11 is 5.92. The quantitative estimate of drug-likeness (QED) is 0.744. The number of nitrogens with one attached hydrogen (secondary N) is 2. The Morgan fingerprint density at radius 3 is 2.77 bits per heavy atom. The first-order valence-corrected chi connectivity index (χ1v) is 8.92. The fraction of sp³-hybridized carbons (Fsp3) is 0.389. The lowest BCUT2D eigenvalue weighted by Gasteiger charge is -2.08. The molecule has 1 saturated carbocycles. The maximum atomic E-state index is 12.2. The summed E-state index contributed by atoms with van der Waals surface area (Å²) in [7, 11) is 0. The third-order valence-electron chi connectivity index (χ3n) is 4.06. The normalized spacial score (nSPS) is 13.3. The Balaban J connectivity index is 1.71. The van der Waals surface area contributed by atoms with Gasteiger partial charge in [-0.05, 0) is 56.4 Å². The summed E-state index contributed by atoms with van der Waals surface area (Å²) in [4.78, 5) is 28.6. The number of imidazole rings is 1. The fourth-order valence-corrected chi connectivity index (χ4v) is 2.82. The lowest BCUT2D eigenvalue weighted by atomic mass is 10.2. The highest BCUT2D eigenvalue weighted by atomic mass is 35.5. The number of esters is 1. The molecule has 2 amide bonds. The third-order valence-corrected chi connectivity index (χ3v) is 4.30. The summed E-state index contributed by atoms with van der Waals surface area (Å²) in [6.07, 6.45) is 3.94. The number of anilines is 2. The molecule has 2 N–H and O–H groups in total. The zero-order valence-electron chi connectivity index (χ0n) is 14.7.